The van der Waals surface area contributed by atoms with E-state index in [-0.39, 0.29) is 17.6 Å². The lowest BCUT2D eigenvalue weighted by Gasteiger charge is -2.20. The third kappa shape index (κ3) is 3.33. The summed E-state index contributed by atoms with van der Waals surface area (Å²) in [5, 5.41) is 6.73. The molecule has 2 heterocycles. The van der Waals surface area contributed by atoms with E-state index in [4.69, 9.17) is 4.52 Å². The molecule has 1 aromatic carbocycles. The highest BCUT2D eigenvalue weighted by Crippen LogP contribution is 2.30. The SMILES string of the molecule is Cc1ccc(NC(=O)c2c(C)noc2C(C)C)cc1N1CCCS1(=O)=O. The molecule has 8 heteroatoms. The molecule has 0 atom stereocenters. The molecule has 1 N–H and O–H groups in total. The highest BCUT2D eigenvalue weighted by atomic mass is 32.2. The fourth-order valence-corrected chi connectivity index (χ4v) is 4.74. The van der Waals surface area contributed by atoms with Gasteiger partial charge in [0.15, 0.2) is 5.76 Å². The van der Waals surface area contributed by atoms with Crippen molar-refractivity contribution >= 4 is 27.3 Å². The molecule has 3 rings (SSSR count). The summed E-state index contributed by atoms with van der Waals surface area (Å²) in [5.74, 6) is 0.405. The van der Waals surface area contributed by atoms with Gasteiger partial charge in [0.2, 0.25) is 10.0 Å². The van der Waals surface area contributed by atoms with E-state index in [0.717, 1.165) is 5.56 Å². The Hall–Kier alpha value is -2.35. The van der Waals surface area contributed by atoms with Crippen LogP contribution in [0.15, 0.2) is 22.7 Å². The average Bonchev–Trinajstić information content (AvgIpc) is 3.11. The molecule has 1 saturated heterocycles. The van der Waals surface area contributed by atoms with Crippen molar-refractivity contribution in [3.63, 3.8) is 0 Å². The van der Waals surface area contributed by atoms with Gasteiger partial charge in [0.05, 0.1) is 17.1 Å². The number of rotatable bonds is 4. The molecule has 140 valence electrons. The van der Waals surface area contributed by atoms with Crippen molar-refractivity contribution in [3.05, 3.63) is 40.8 Å². The molecule has 0 saturated carbocycles. The number of hydrogen-bond acceptors (Lipinski definition) is 5. The molecule has 1 aliphatic heterocycles. The van der Waals surface area contributed by atoms with E-state index in [0.29, 0.717) is 41.4 Å². The fourth-order valence-electron chi connectivity index (χ4n) is 3.12. The van der Waals surface area contributed by atoms with Crippen molar-refractivity contribution in [2.45, 2.75) is 40.0 Å². The summed E-state index contributed by atoms with van der Waals surface area (Å²) >= 11 is 0. The van der Waals surface area contributed by atoms with Crippen molar-refractivity contribution < 1.29 is 17.7 Å². The molecule has 0 spiro atoms. The smallest absolute Gasteiger partial charge is 0.261 e. The molecular weight excluding hydrogens is 354 g/mol. The molecule has 0 bridgehead atoms. The molecule has 2 aromatic rings. The van der Waals surface area contributed by atoms with Crippen LogP contribution in [-0.4, -0.2) is 31.8 Å². The predicted molar refractivity (Wildman–Crippen MR) is 100 cm³/mol. The monoisotopic (exact) mass is 377 g/mol. The predicted octanol–water partition coefficient (Wildman–Crippen LogP) is 3.21. The summed E-state index contributed by atoms with van der Waals surface area (Å²) in [5.41, 5.74) is 2.94. The number of carbonyl (C=O) groups is 1. The lowest BCUT2D eigenvalue weighted by Crippen LogP contribution is -2.26. The molecule has 0 aliphatic carbocycles. The van der Waals surface area contributed by atoms with E-state index < -0.39 is 10.0 Å². The maximum absolute atomic E-state index is 12.7. The van der Waals surface area contributed by atoms with E-state index in [1.165, 1.54) is 4.31 Å². The van der Waals surface area contributed by atoms with E-state index in [2.05, 4.69) is 10.5 Å². The molecule has 1 amide bonds. The standard InChI is InChI=1S/C18H23N3O4S/c1-11(2)17-16(13(4)20-25-17)18(22)19-14-7-6-12(3)15(10-14)21-8-5-9-26(21,23)24/h6-7,10-11H,5,8-9H2,1-4H3,(H,19,22). The number of carbonyl (C=O) groups excluding carboxylic acids is 1. The Balaban J connectivity index is 1.91. The van der Waals surface area contributed by atoms with Gasteiger partial charge in [0, 0.05) is 18.2 Å². The molecule has 7 nitrogen and oxygen atoms in total. The minimum Gasteiger partial charge on any atom is -0.360 e. The Labute approximate surface area is 153 Å². The number of aromatic nitrogens is 1. The number of amides is 1. The largest absolute Gasteiger partial charge is 0.360 e. The summed E-state index contributed by atoms with van der Waals surface area (Å²) in [7, 11) is -3.28. The summed E-state index contributed by atoms with van der Waals surface area (Å²) in [6.45, 7) is 7.90. The lowest BCUT2D eigenvalue weighted by atomic mass is 10.0. The van der Waals surface area contributed by atoms with Gasteiger partial charge in [-0.25, -0.2) is 8.42 Å². The van der Waals surface area contributed by atoms with E-state index in [9.17, 15) is 13.2 Å². The number of nitrogens with zero attached hydrogens (tertiary/aromatic N) is 2. The molecule has 1 aliphatic rings. The minimum atomic E-state index is -3.28. The zero-order chi connectivity index (χ0) is 19.1. The Morgan fingerprint density at radius 1 is 1.31 bits per heavy atom. The number of anilines is 2. The summed E-state index contributed by atoms with van der Waals surface area (Å²) in [6, 6.07) is 5.27. The average molecular weight is 377 g/mol. The van der Waals surface area contributed by atoms with Gasteiger partial charge in [-0.05, 0) is 38.0 Å². The number of aryl methyl sites for hydroxylation is 2. The first kappa shape index (κ1) is 18.4. The highest BCUT2D eigenvalue weighted by molar-refractivity contribution is 7.93. The molecule has 0 unspecified atom stereocenters. The Morgan fingerprint density at radius 3 is 2.65 bits per heavy atom. The Bertz CT molecular complexity index is 947. The van der Waals surface area contributed by atoms with Crippen LogP contribution >= 0.6 is 0 Å². The molecule has 1 fully saturated rings. The molecule has 0 radical (unpaired) electrons. The zero-order valence-electron chi connectivity index (χ0n) is 15.4. The van der Waals surface area contributed by atoms with Crippen LogP contribution in [0, 0.1) is 13.8 Å². The minimum absolute atomic E-state index is 0.0280. The van der Waals surface area contributed by atoms with Crippen LogP contribution in [0.4, 0.5) is 11.4 Å². The third-order valence-corrected chi connectivity index (χ3v) is 6.33. The first-order valence-corrected chi connectivity index (χ1v) is 10.2. The number of nitrogens with one attached hydrogen (secondary N) is 1. The Morgan fingerprint density at radius 2 is 2.04 bits per heavy atom. The molecule has 1 aromatic heterocycles. The quantitative estimate of drug-likeness (QED) is 0.883. The summed E-state index contributed by atoms with van der Waals surface area (Å²) in [4.78, 5) is 12.7. The molecule has 26 heavy (non-hydrogen) atoms. The van der Waals surface area contributed by atoms with Crippen molar-refractivity contribution in [2.75, 3.05) is 21.9 Å². The second-order valence-corrected chi connectivity index (χ2v) is 8.87. The van der Waals surface area contributed by atoms with Crippen LogP contribution in [0.3, 0.4) is 0 Å². The van der Waals surface area contributed by atoms with Gasteiger partial charge in [0.25, 0.3) is 5.91 Å². The van der Waals surface area contributed by atoms with Crippen LogP contribution in [0.25, 0.3) is 0 Å². The maximum atomic E-state index is 12.7. The second-order valence-electron chi connectivity index (χ2n) is 6.86. The first-order valence-electron chi connectivity index (χ1n) is 8.59. The topological polar surface area (TPSA) is 92.5 Å². The summed E-state index contributed by atoms with van der Waals surface area (Å²) < 4.78 is 31.1. The van der Waals surface area contributed by atoms with Crippen LogP contribution in [-0.2, 0) is 10.0 Å². The zero-order valence-corrected chi connectivity index (χ0v) is 16.2. The van der Waals surface area contributed by atoms with Crippen LogP contribution < -0.4 is 9.62 Å². The number of sulfonamides is 1. The van der Waals surface area contributed by atoms with E-state index in [1.54, 1.807) is 19.1 Å². The van der Waals surface area contributed by atoms with Crippen molar-refractivity contribution in [1.82, 2.24) is 5.16 Å². The number of hydrogen-bond donors (Lipinski definition) is 1. The molecular formula is C18H23N3O4S. The van der Waals surface area contributed by atoms with Crippen LogP contribution in [0.5, 0.6) is 0 Å². The van der Waals surface area contributed by atoms with Gasteiger partial charge in [-0.15, -0.1) is 0 Å². The normalized spacial score (nSPS) is 16.3. The van der Waals surface area contributed by atoms with Crippen LogP contribution in [0.2, 0.25) is 0 Å². The highest BCUT2D eigenvalue weighted by Gasteiger charge is 2.30. The van der Waals surface area contributed by atoms with E-state index in [1.807, 2.05) is 26.8 Å². The van der Waals surface area contributed by atoms with Crippen LogP contribution in [0.1, 0.15) is 53.6 Å². The third-order valence-electron chi connectivity index (χ3n) is 4.48. The second kappa shape index (κ2) is 6.75. The van der Waals surface area contributed by atoms with E-state index >= 15 is 0 Å². The van der Waals surface area contributed by atoms with Gasteiger partial charge in [0.1, 0.15) is 5.56 Å². The van der Waals surface area contributed by atoms with Crippen molar-refractivity contribution in [2.24, 2.45) is 0 Å². The van der Waals surface area contributed by atoms with Gasteiger partial charge < -0.3 is 9.84 Å². The van der Waals surface area contributed by atoms with Gasteiger partial charge >= 0.3 is 0 Å². The lowest BCUT2D eigenvalue weighted by molar-refractivity contribution is 0.102. The first-order chi connectivity index (χ1) is 12.2. The number of benzene rings is 1. The van der Waals surface area contributed by atoms with Crippen molar-refractivity contribution in [1.29, 1.82) is 0 Å². The van der Waals surface area contributed by atoms with Crippen molar-refractivity contribution in [3.8, 4) is 0 Å². The van der Waals surface area contributed by atoms with Gasteiger partial charge in [-0.2, -0.15) is 0 Å². The maximum Gasteiger partial charge on any atom is 0.261 e. The van der Waals surface area contributed by atoms with Gasteiger partial charge in [-0.1, -0.05) is 25.1 Å². The Kier molecular flexibility index (Phi) is 4.79. The summed E-state index contributed by atoms with van der Waals surface area (Å²) in [6.07, 6.45) is 0.607. The van der Waals surface area contributed by atoms with Gasteiger partial charge in [-0.3, -0.25) is 9.10 Å². The fraction of sp³-hybridized carbons (Fsp3) is 0.444.